The Hall–Kier alpha value is -0.900. The van der Waals surface area contributed by atoms with Gasteiger partial charge in [-0.05, 0) is 52.4 Å². The molecule has 0 atom stereocenters. The zero-order valence-electron chi connectivity index (χ0n) is 9.72. The van der Waals surface area contributed by atoms with E-state index in [4.69, 9.17) is 0 Å². The maximum absolute atomic E-state index is 12.9. The van der Waals surface area contributed by atoms with Crippen molar-refractivity contribution in [2.45, 2.75) is 26.2 Å². The molecule has 1 saturated carbocycles. The Bertz CT molecular complexity index is 443. The Labute approximate surface area is 109 Å². The molecular weight excluding hydrogens is 285 g/mol. The predicted molar refractivity (Wildman–Crippen MR) is 68.4 cm³/mol. The van der Waals surface area contributed by atoms with E-state index >= 15 is 0 Å². The first-order valence-electron chi connectivity index (χ1n) is 5.73. The van der Waals surface area contributed by atoms with Gasteiger partial charge in [0.2, 0.25) is 0 Å². The highest BCUT2D eigenvalue weighted by Crippen LogP contribution is 2.39. The van der Waals surface area contributed by atoms with E-state index in [9.17, 15) is 9.18 Å². The molecule has 0 spiro atoms. The summed E-state index contributed by atoms with van der Waals surface area (Å²) in [5.41, 5.74) is 0.733. The molecule has 1 amide bonds. The molecule has 1 aliphatic rings. The Morgan fingerprint density at radius 2 is 2.24 bits per heavy atom. The van der Waals surface area contributed by atoms with E-state index in [0.717, 1.165) is 12.8 Å². The number of carbonyl (C=O) groups is 1. The minimum Gasteiger partial charge on any atom is -0.351 e. The van der Waals surface area contributed by atoms with Crippen LogP contribution >= 0.6 is 15.9 Å². The van der Waals surface area contributed by atoms with Crippen molar-refractivity contribution in [2.24, 2.45) is 5.41 Å². The summed E-state index contributed by atoms with van der Waals surface area (Å²) in [5.74, 6) is -0.496. The van der Waals surface area contributed by atoms with E-state index in [1.165, 1.54) is 24.6 Å². The van der Waals surface area contributed by atoms with Crippen LogP contribution in [0.1, 0.15) is 36.5 Å². The summed E-state index contributed by atoms with van der Waals surface area (Å²) in [4.78, 5) is 11.9. The molecule has 1 aromatic carbocycles. The summed E-state index contributed by atoms with van der Waals surface area (Å²) in [6.45, 7) is 2.87. The third kappa shape index (κ3) is 2.86. The number of carbonyl (C=O) groups excluding carboxylic acids is 1. The van der Waals surface area contributed by atoms with E-state index < -0.39 is 0 Å². The molecule has 4 heteroatoms. The maximum atomic E-state index is 12.9. The highest BCUT2D eigenvalue weighted by Gasteiger charge is 2.32. The summed E-state index contributed by atoms with van der Waals surface area (Å²) in [6, 6.07) is 4.10. The molecule has 0 heterocycles. The minimum absolute atomic E-state index is 0.148. The summed E-state index contributed by atoms with van der Waals surface area (Å²) < 4.78 is 13.4. The van der Waals surface area contributed by atoms with Gasteiger partial charge in [-0.15, -0.1) is 0 Å². The van der Waals surface area contributed by atoms with Gasteiger partial charge < -0.3 is 5.32 Å². The SMILES string of the molecule is CC1(CNC(=O)c2ccc(F)cc2Br)CCC1. The van der Waals surface area contributed by atoms with Crippen molar-refractivity contribution in [3.8, 4) is 0 Å². The molecule has 1 fully saturated rings. The van der Waals surface area contributed by atoms with Gasteiger partial charge in [0.1, 0.15) is 5.82 Å². The average Bonchev–Trinajstić information content (AvgIpc) is 2.23. The zero-order valence-corrected chi connectivity index (χ0v) is 11.3. The van der Waals surface area contributed by atoms with Crippen molar-refractivity contribution in [2.75, 3.05) is 6.54 Å². The van der Waals surface area contributed by atoms with Crippen LogP contribution in [0, 0.1) is 11.2 Å². The number of benzene rings is 1. The Balaban J connectivity index is 1.99. The second kappa shape index (κ2) is 4.77. The van der Waals surface area contributed by atoms with Crippen molar-refractivity contribution in [3.63, 3.8) is 0 Å². The number of nitrogens with one attached hydrogen (secondary N) is 1. The predicted octanol–water partition coefficient (Wildman–Crippen LogP) is 3.51. The third-order valence-corrected chi connectivity index (χ3v) is 4.07. The minimum atomic E-state index is -0.348. The molecule has 2 nitrogen and oxygen atoms in total. The van der Waals surface area contributed by atoms with E-state index in [1.807, 2.05) is 0 Å². The van der Waals surface area contributed by atoms with Crippen LogP contribution in [-0.2, 0) is 0 Å². The number of hydrogen-bond donors (Lipinski definition) is 1. The zero-order chi connectivity index (χ0) is 12.5. The quantitative estimate of drug-likeness (QED) is 0.909. The molecule has 0 aromatic heterocycles. The van der Waals surface area contributed by atoms with E-state index in [0.29, 0.717) is 16.6 Å². The van der Waals surface area contributed by atoms with Crippen molar-refractivity contribution in [1.29, 1.82) is 0 Å². The van der Waals surface area contributed by atoms with Crippen LogP contribution in [0.5, 0.6) is 0 Å². The second-order valence-corrected chi connectivity index (χ2v) is 5.83. The molecule has 2 rings (SSSR count). The molecule has 0 bridgehead atoms. The number of halogens is 2. The van der Waals surface area contributed by atoms with Gasteiger partial charge in [-0.2, -0.15) is 0 Å². The van der Waals surface area contributed by atoms with Crippen LogP contribution in [0.4, 0.5) is 4.39 Å². The van der Waals surface area contributed by atoms with Crippen molar-refractivity contribution in [3.05, 3.63) is 34.1 Å². The van der Waals surface area contributed by atoms with E-state index in [2.05, 4.69) is 28.2 Å². The lowest BCUT2D eigenvalue weighted by atomic mass is 9.70. The highest BCUT2D eigenvalue weighted by atomic mass is 79.9. The first-order chi connectivity index (χ1) is 8.00. The molecule has 0 aliphatic heterocycles. The molecular formula is C13H15BrFNO. The topological polar surface area (TPSA) is 29.1 Å². The van der Waals surface area contributed by atoms with Crippen LogP contribution in [0.3, 0.4) is 0 Å². The molecule has 1 N–H and O–H groups in total. The second-order valence-electron chi connectivity index (χ2n) is 4.97. The summed E-state index contributed by atoms with van der Waals surface area (Å²) in [6.07, 6.45) is 3.57. The lowest BCUT2D eigenvalue weighted by Crippen LogP contribution is -2.40. The van der Waals surface area contributed by atoms with Crippen LogP contribution in [0.15, 0.2) is 22.7 Å². The third-order valence-electron chi connectivity index (χ3n) is 3.41. The monoisotopic (exact) mass is 299 g/mol. The number of hydrogen-bond acceptors (Lipinski definition) is 1. The maximum Gasteiger partial charge on any atom is 0.252 e. The Kier molecular flexibility index (Phi) is 3.52. The van der Waals surface area contributed by atoms with Gasteiger partial charge in [-0.25, -0.2) is 4.39 Å². The molecule has 1 aromatic rings. The first kappa shape index (κ1) is 12.6. The Morgan fingerprint density at radius 3 is 2.76 bits per heavy atom. The lowest BCUT2D eigenvalue weighted by Gasteiger charge is -2.38. The summed E-state index contributed by atoms with van der Waals surface area (Å²) in [7, 11) is 0. The van der Waals surface area contributed by atoms with E-state index in [1.54, 1.807) is 0 Å². The van der Waals surface area contributed by atoms with Crippen LogP contribution < -0.4 is 5.32 Å². The molecule has 0 unspecified atom stereocenters. The highest BCUT2D eigenvalue weighted by molar-refractivity contribution is 9.10. The van der Waals surface area contributed by atoms with Crippen molar-refractivity contribution < 1.29 is 9.18 Å². The standard InChI is InChI=1S/C13H15BrFNO/c1-13(5-2-6-13)8-16-12(17)10-4-3-9(15)7-11(10)14/h3-4,7H,2,5-6,8H2,1H3,(H,16,17). The number of amides is 1. The van der Waals surface area contributed by atoms with Gasteiger partial charge in [-0.1, -0.05) is 13.3 Å². The molecule has 17 heavy (non-hydrogen) atoms. The van der Waals surface area contributed by atoms with Crippen molar-refractivity contribution >= 4 is 21.8 Å². The van der Waals surface area contributed by atoms with Gasteiger partial charge in [-0.3, -0.25) is 4.79 Å². The van der Waals surface area contributed by atoms with Gasteiger partial charge in [0.05, 0.1) is 5.56 Å². The molecule has 0 saturated heterocycles. The van der Waals surface area contributed by atoms with Gasteiger partial charge in [0.15, 0.2) is 0 Å². The fourth-order valence-corrected chi connectivity index (χ4v) is 2.55. The van der Waals surface area contributed by atoms with Crippen LogP contribution in [-0.4, -0.2) is 12.5 Å². The Morgan fingerprint density at radius 1 is 1.53 bits per heavy atom. The van der Waals surface area contributed by atoms with Crippen LogP contribution in [0.2, 0.25) is 0 Å². The summed E-state index contributed by atoms with van der Waals surface area (Å²) >= 11 is 3.20. The van der Waals surface area contributed by atoms with Gasteiger partial charge >= 0.3 is 0 Å². The molecule has 0 radical (unpaired) electrons. The summed E-state index contributed by atoms with van der Waals surface area (Å²) in [5, 5.41) is 2.91. The number of rotatable bonds is 3. The largest absolute Gasteiger partial charge is 0.351 e. The first-order valence-corrected chi connectivity index (χ1v) is 6.53. The van der Waals surface area contributed by atoms with E-state index in [-0.39, 0.29) is 17.1 Å². The normalized spacial score (nSPS) is 17.4. The molecule has 92 valence electrons. The fourth-order valence-electron chi connectivity index (χ4n) is 2.02. The van der Waals surface area contributed by atoms with Gasteiger partial charge in [0, 0.05) is 11.0 Å². The fraction of sp³-hybridized carbons (Fsp3) is 0.462. The smallest absolute Gasteiger partial charge is 0.252 e. The lowest BCUT2D eigenvalue weighted by molar-refractivity contribution is 0.0890. The van der Waals surface area contributed by atoms with Crippen LogP contribution in [0.25, 0.3) is 0 Å². The van der Waals surface area contributed by atoms with Crippen molar-refractivity contribution in [1.82, 2.24) is 5.32 Å². The van der Waals surface area contributed by atoms with Gasteiger partial charge in [0.25, 0.3) is 5.91 Å². The molecule has 1 aliphatic carbocycles. The average molecular weight is 300 g/mol.